The van der Waals surface area contributed by atoms with E-state index < -0.39 is 5.97 Å². The fourth-order valence-corrected chi connectivity index (χ4v) is 2.26. The summed E-state index contributed by atoms with van der Waals surface area (Å²) in [6.07, 6.45) is 0. The molecule has 5 nitrogen and oxygen atoms in total. The van der Waals surface area contributed by atoms with Gasteiger partial charge in [-0.1, -0.05) is 28.1 Å². The van der Waals surface area contributed by atoms with Crippen LogP contribution in [0.1, 0.15) is 15.9 Å². The molecule has 2 aromatic carbocycles. The molecule has 6 heteroatoms. The highest BCUT2D eigenvalue weighted by Crippen LogP contribution is 2.12. The first-order valence-corrected chi connectivity index (χ1v) is 7.35. The molecular weight excluding hydrogens is 348 g/mol. The lowest BCUT2D eigenvalue weighted by Gasteiger charge is -2.08. The standard InChI is InChI=1S/C16H15BrN2O3/c1-22-15(20)12-5-7-14(8-6-12)19-16(21)18-10-11-3-2-4-13(17)9-11/h2-9H,10H2,1H3,(H2,18,19,21). The molecular formula is C16H15BrN2O3. The van der Waals surface area contributed by atoms with E-state index in [1.165, 1.54) is 7.11 Å². The highest BCUT2D eigenvalue weighted by Gasteiger charge is 2.06. The lowest BCUT2D eigenvalue weighted by Crippen LogP contribution is -2.28. The summed E-state index contributed by atoms with van der Waals surface area (Å²) in [5, 5.41) is 5.46. The average Bonchev–Trinajstić information content (AvgIpc) is 2.53. The zero-order valence-electron chi connectivity index (χ0n) is 11.9. The normalized spacial score (nSPS) is 9.91. The smallest absolute Gasteiger partial charge is 0.337 e. The van der Waals surface area contributed by atoms with E-state index in [2.05, 4.69) is 31.3 Å². The number of benzene rings is 2. The van der Waals surface area contributed by atoms with Gasteiger partial charge in [-0.15, -0.1) is 0 Å². The molecule has 2 rings (SSSR count). The van der Waals surface area contributed by atoms with E-state index in [1.807, 2.05) is 24.3 Å². The molecule has 0 saturated heterocycles. The zero-order valence-corrected chi connectivity index (χ0v) is 13.5. The summed E-state index contributed by atoms with van der Waals surface area (Å²) in [6, 6.07) is 13.9. The first kappa shape index (κ1) is 16.0. The van der Waals surface area contributed by atoms with Crippen LogP contribution in [-0.2, 0) is 11.3 Å². The van der Waals surface area contributed by atoms with E-state index in [4.69, 9.17) is 0 Å². The van der Waals surface area contributed by atoms with Crippen molar-refractivity contribution in [1.82, 2.24) is 5.32 Å². The van der Waals surface area contributed by atoms with E-state index in [0.717, 1.165) is 10.0 Å². The maximum atomic E-state index is 11.8. The van der Waals surface area contributed by atoms with Gasteiger partial charge in [0.1, 0.15) is 0 Å². The number of methoxy groups -OCH3 is 1. The summed E-state index contributed by atoms with van der Waals surface area (Å²) in [4.78, 5) is 23.1. The summed E-state index contributed by atoms with van der Waals surface area (Å²) in [5.41, 5.74) is 2.02. The van der Waals surface area contributed by atoms with Gasteiger partial charge in [0.25, 0.3) is 0 Å². The molecule has 22 heavy (non-hydrogen) atoms. The highest BCUT2D eigenvalue weighted by molar-refractivity contribution is 9.10. The Kier molecular flexibility index (Phi) is 5.55. The number of halogens is 1. The molecule has 0 aromatic heterocycles. The zero-order chi connectivity index (χ0) is 15.9. The fraction of sp³-hybridized carbons (Fsp3) is 0.125. The van der Waals surface area contributed by atoms with Crippen molar-refractivity contribution in [2.75, 3.05) is 12.4 Å². The van der Waals surface area contributed by atoms with Gasteiger partial charge in [-0.25, -0.2) is 9.59 Å². The van der Waals surface area contributed by atoms with Gasteiger partial charge in [0.2, 0.25) is 0 Å². The molecule has 0 aliphatic rings. The Morgan fingerprint density at radius 3 is 2.50 bits per heavy atom. The van der Waals surface area contributed by atoms with Gasteiger partial charge < -0.3 is 15.4 Å². The molecule has 114 valence electrons. The van der Waals surface area contributed by atoms with Crippen molar-refractivity contribution in [2.45, 2.75) is 6.54 Å². The average molecular weight is 363 g/mol. The SMILES string of the molecule is COC(=O)c1ccc(NC(=O)NCc2cccc(Br)c2)cc1. The first-order chi connectivity index (χ1) is 10.6. The largest absolute Gasteiger partial charge is 0.465 e. The lowest BCUT2D eigenvalue weighted by atomic mass is 10.2. The summed E-state index contributed by atoms with van der Waals surface area (Å²) in [6.45, 7) is 0.422. The molecule has 0 heterocycles. The number of carbonyl (C=O) groups is 2. The molecule has 0 atom stereocenters. The van der Waals surface area contributed by atoms with Crippen molar-refractivity contribution in [3.8, 4) is 0 Å². The van der Waals surface area contributed by atoms with E-state index in [0.29, 0.717) is 17.8 Å². The Hall–Kier alpha value is -2.34. The van der Waals surface area contributed by atoms with Crippen LogP contribution in [0.2, 0.25) is 0 Å². The second kappa shape index (κ2) is 7.61. The third-order valence-corrected chi connectivity index (χ3v) is 3.40. The number of ether oxygens (including phenoxy) is 1. The molecule has 2 aromatic rings. The number of esters is 1. The molecule has 0 unspecified atom stereocenters. The van der Waals surface area contributed by atoms with Gasteiger partial charge >= 0.3 is 12.0 Å². The number of anilines is 1. The van der Waals surface area contributed by atoms with E-state index >= 15 is 0 Å². The topological polar surface area (TPSA) is 67.4 Å². The number of nitrogens with one attached hydrogen (secondary N) is 2. The second-order valence-corrected chi connectivity index (χ2v) is 5.42. The Bertz CT molecular complexity index is 671. The molecule has 0 bridgehead atoms. The predicted molar refractivity (Wildman–Crippen MR) is 87.8 cm³/mol. The van der Waals surface area contributed by atoms with Crippen LogP contribution in [0.4, 0.5) is 10.5 Å². The lowest BCUT2D eigenvalue weighted by molar-refractivity contribution is 0.0601. The quantitative estimate of drug-likeness (QED) is 0.817. The van der Waals surface area contributed by atoms with Crippen molar-refractivity contribution in [1.29, 1.82) is 0 Å². The Balaban J connectivity index is 1.88. The number of carbonyl (C=O) groups excluding carboxylic acids is 2. The number of hydrogen-bond donors (Lipinski definition) is 2. The summed E-state index contributed by atoms with van der Waals surface area (Å²) in [7, 11) is 1.32. The van der Waals surface area contributed by atoms with Crippen molar-refractivity contribution >= 4 is 33.6 Å². The molecule has 0 fully saturated rings. The van der Waals surface area contributed by atoms with Crippen LogP contribution < -0.4 is 10.6 Å². The highest BCUT2D eigenvalue weighted by atomic mass is 79.9. The first-order valence-electron chi connectivity index (χ1n) is 6.56. The Labute approximate surface area is 136 Å². The minimum Gasteiger partial charge on any atom is -0.465 e. The van der Waals surface area contributed by atoms with Crippen LogP contribution in [0.3, 0.4) is 0 Å². The van der Waals surface area contributed by atoms with Crippen molar-refractivity contribution in [3.05, 3.63) is 64.1 Å². The van der Waals surface area contributed by atoms with Crippen molar-refractivity contribution in [3.63, 3.8) is 0 Å². The monoisotopic (exact) mass is 362 g/mol. The van der Waals surface area contributed by atoms with Crippen LogP contribution >= 0.6 is 15.9 Å². The van der Waals surface area contributed by atoms with Gasteiger partial charge in [-0.2, -0.15) is 0 Å². The number of urea groups is 1. The van der Waals surface area contributed by atoms with Gasteiger partial charge in [0.05, 0.1) is 12.7 Å². The molecule has 0 saturated carbocycles. The predicted octanol–water partition coefficient (Wildman–Crippen LogP) is 3.56. The number of amides is 2. The van der Waals surface area contributed by atoms with Crippen LogP contribution in [0.25, 0.3) is 0 Å². The molecule has 2 amide bonds. The Morgan fingerprint density at radius 1 is 1.14 bits per heavy atom. The van der Waals surface area contributed by atoms with Crippen molar-refractivity contribution < 1.29 is 14.3 Å². The van der Waals surface area contributed by atoms with Gasteiger partial charge in [-0.3, -0.25) is 0 Å². The molecule has 0 spiro atoms. The number of hydrogen-bond acceptors (Lipinski definition) is 3. The van der Waals surface area contributed by atoms with E-state index in [9.17, 15) is 9.59 Å². The molecule has 0 aliphatic heterocycles. The van der Waals surface area contributed by atoms with E-state index in [1.54, 1.807) is 24.3 Å². The van der Waals surface area contributed by atoms with E-state index in [-0.39, 0.29) is 6.03 Å². The minimum absolute atomic E-state index is 0.314. The van der Waals surface area contributed by atoms with Crippen LogP contribution in [0, 0.1) is 0 Å². The summed E-state index contributed by atoms with van der Waals surface area (Å²) >= 11 is 3.38. The van der Waals surface area contributed by atoms with Gasteiger partial charge in [-0.05, 0) is 42.0 Å². The van der Waals surface area contributed by atoms with Crippen LogP contribution in [-0.4, -0.2) is 19.1 Å². The van der Waals surface area contributed by atoms with Crippen LogP contribution in [0.15, 0.2) is 53.0 Å². The summed E-state index contributed by atoms with van der Waals surface area (Å²) < 4.78 is 5.58. The third-order valence-electron chi connectivity index (χ3n) is 2.91. The van der Waals surface area contributed by atoms with Gasteiger partial charge in [0, 0.05) is 16.7 Å². The van der Waals surface area contributed by atoms with Gasteiger partial charge in [0.15, 0.2) is 0 Å². The fourth-order valence-electron chi connectivity index (χ4n) is 1.81. The molecule has 0 aliphatic carbocycles. The van der Waals surface area contributed by atoms with Crippen molar-refractivity contribution in [2.24, 2.45) is 0 Å². The maximum Gasteiger partial charge on any atom is 0.337 e. The Morgan fingerprint density at radius 2 is 1.86 bits per heavy atom. The maximum absolute atomic E-state index is 11.8. The third kappa shape index (κ3) is 4.60. The molecule has 2 N–H and O–H groups in total. The van der Waals surface area contributed by atoms with Crippen LogP contribution in [0.5, 0.6) is 0 Å². The number of rotatable bonds is 4. The second-order valence-electron chi connectivity index (χ2n) is 4.51. The minimum atomic E-state index is -0.411. The molecule has 0 radical (unpaired) electrons. The summed E-state index contributed by atoms with van der Waals surface area (Å²) in [5.74, 6) is -0.411.